The SMILES string of the molecule is CCCCNc1ncc2c(-c3ccc(CNCCCCOCCCCc4ccc5[nH]c(=O)n(C)c5c4)cc3)c[nH]c2n1. The summed E-state index contributed by atoms with van der Waals surface area (Å²) in [4.78, 5) is 27.0. The molecule has 42 heavy (non-hydrogen) atoms. The van der Waals surface area contributed by atoms with Crippen molar-refractivity contribution in [3.05, 3.63) is 76.5 Å². The third-order valence-corrected chi connectivity index (χ3v) is 7.71. The van der Waals surface area contributed by atoms with Crippen LogP contribution in [0.4, 0.5) is 5.95 Å². The Balaban J connectivity index is 0.936. The van der Waals surface area contributed by atoms with Crippen molar-refractivity contribution in [2.45, 2.75) is 58.4 Å². The molecule has 0 amide bonds. The normalized spacial score (nSPS) is 11.6. The number of fused-ring (bicyclic) bond motifs is 2. The maximum absolute atomic E-state index is 11.8. The second-order valence-electron chi connectivity index (χ2n) is 10.9. The summed E-state index contributed by atoms with van der Waals surface area (Å²) in [5, 5.41) is 7.87. The number of aromatic nitrogens is 5. The van der Waals surface area contributed by atoms with Crippen molar-refractivity contribution >= 4 is 28.0 Å². The van der Waals surface area contributed by atoms with Gasteiger partial charge in [0.2, 0.25) is 5.95 Å². The second-order valence-corrected chi connectivity index (χ2v) is 10.9. The number of ether oxygens (including phenoxy) is 1. The molecular weight excluding hydrogens is 526 g/mol. The van der Waals surface area contributed by atoms with E-state index in [2.05, 4.69) is 73.9 Å². The minimum atomic E-state index is -0.0671. The minimum absolute atomic E-state index is 0.0671. The number of H-pyrrole nitrogens is 2. The van der Waals surface area contributed by atoms with Gasteiger partial charge in [-0.05, 0) is 73.9 Å². The van der Waals surface area contributed by atoms with Gasteiger partial charge >= 0.3 is 5.69 Å². The average Bonchev–Trinajstić information content (AvgIpc) is 3.56. The number of aromatic amines is 2. The summed E-state index contributed by atoms with van der Waals surface area (Å²) in [7, 11) is 1.80. The fourth-order valence-corrected chi connectivity index (χ4v) is 5.16. The summed E-state index contributed by atoms with van der Waals surface area (Å²) in [6.45, 7) is 6.49. The third kappa shape index (κ3) is 7.66. The molecule has 0 saturated heterocycles. The van der Waals surface area contributed by atoms with E-state index in [1.54, 1.807) is 11.6 Å². The van der Waals surface area contributed by atoms with Crippen LogP contribution in [0.15, 0.2) is 59.7 Å². The first kappa shape index (κ1) is 29.5. The predicted octanol–water partition coefficient (Wildman–Crippen LogP) is 5.93. The maximum Gasteiger partial charge on any atom is 0.326 e. The summed E-state index contributed by atoms with van der Waals surface area (Å²) in [5.41, 5.74) is 7.45. The average molecular weight is 570 g/mol. The molecule has 0 aliphatic rings. The van der Waals surface area contributed by atoms with E-state index >= 15 is 0 Å². The molecule has 5 rings (SSSR count). The van der Waals surface area contributed by atoms with Crippen molar-refractivity contribution in [3.63, 3.8) is 0 Å². The number of anilines is 1. The monoisotopic (exact) mass is 569 g/mol. The molecule has 0 fully saturated rings. The van der Waals surface area contributed by atoms with Gasteiger partial charge in [-0.2, -0.15) is 4.98 Å². The molecule has 0 radical (unpaired) electrons. The Labute approximate surface area is 247 Å². The number of nitrogens with one attached hydrogen (secondary N) is 4. The van der Waals surface area contributed by atoms with E-state index in [-0.39, 0.29) is 5.69 Å². The van der Waals surface area contributed by atoms with Gasteiger partial charge in [0.1, 0.15) is 5.65 Å². The van der Waals surface area contributed by atoms with Crippen molar-refractivity contribution < 1.29 is 4.74 Å². The zero-order valence-electron chi connectivity index (χ0n) is 24.8. The van der Waals surface area contributed by atoms with Crippen molar-refractivity contribution in [1.29, 1.82) is 0 Å². The molecule has 0 aliphatic heterocycles. The van der Waals surface area contributed by atoms with Crippen molar-refractivity contribution in [2.75, 3.05) is 31.6 Å². The number of rotatable bonds is 17. The van der Waals surface area contributed by atoms with Crippen molar-refractivity contribution in [3.8, 4) is 11.1 Å². The Morgan fingerprint density at radius 2 is 1.76 bits per heavy atom. The number of hydrogen-bond donors (Lipinski definition) is 4. The van der Waals surface area contributed by atoms with Crippen LogP contribution in [0.1, 0.15) is 56.6 Å². The fourth-order valence-electron chi connectivity index (χ4n) is 5.16. The van der Waals surface area contributed by atoms with E-state index in [4.69, 9.17) is 4.74 Å². The summed E-state index contributed by atoms with van der Waals surface area (Å²) >= 11 is 0. The Kier molecular flexibility index (Phi) is 10.4. The van der Waals surface area contributed by atoms with Crippen LogP contribution in [-0.2, 0) is 24.8 Å². The second kappa shape index (κ2) is 14.8. The molecule has 5 aromatic rings. The highest BCUT2D eigenvalue weighted by Gasteiger charge is 2.09. The Morgan fingerprint density at radius 3 is 2.60 bits per heavy atom. The first-order valence-electron chi connectivity index (χ1n) is 15.3. The molecule has 9 nitrogen and oxygen atoms in total. The Hall–Kier alpha value is -3.95. The molecule has 0 atom stereocenters. The van der Waals surface area contributed by atoms with Gasteiger partial charge in [0, 0.05) is 56.7 Å². The van der Waals surface area contributed by atoms with Gasteiger partial charge < -0.3 is 25.3 Å². The molecule has 0 spiro atoms. The summed E-state index contributed by atoms with van der Waals surface area (Å²) < 4.78 is 7.51. The zero-order chi connectivity index (χ0) is 29.1. The molecule has 0 saturated carbocycles. The van der Waals surface area contributed by atoms with Crippen molar-refractivity contribution in [1.82, 2.24) is 29.8 Å². The van der Waals surface area contributed by atoms with Crippen LogP contribution in [0.25, 0.3) is 33.2 Å². The molecule has 4 N–H and O–H groups in total. The van der Waals surface area contributed by atoms with Crippen molar-refractivity contribution in [2.24, 2.45) is 7.05 Å². The topological polar surface area (TPSA) is 113 Å². The lowest BCUT2D eigenvalue weighted by molar-refractivity contribution is 0.126. The van der Waals surface area contributed by atoms with Crippen LogP contribution in [-0.4, -0.2) is 50.8 Å². The van der Waals surface area contributed by atoms with Gasteiger partial charge in [-0.1, -0.05) is 43.7 Å². The molecule has 3 heterocycles. The molecule has 2 aromatic carbocycles. The molecule has 9 heteroatoms. The summed E-state index contributed by atoms with van der Waals surface area (Å²) in [6, 6.07) is 14.9. The number of unbranched alkanes of at least 4 members (excludes halogenated alkanes) is 3. The lowest BCUT2D eigenvalue weighted by Gasteiger charge is -2.07. The van der Waals surface area contributed by atoms with Gasteiger partial charge in [0.25, 0.3) is 0 Å². The van der Waals surface area contributed by atoms with Gasteiger partial charge in [0.05, 0.1) is 11.0 Å². The van der Waals surface area contributed by atoms with Crippen LogP contribution in [0.2, 0.25) is 0 Å². The van der Waals surface area contributed by atoms with Gasteiger partial charge in [-0.3, -0.25) is 4.57 Å². The first-order chi connectivity index (χ1) is 20.6. The summed E-state index contributed by atoms with van der Waals surface area (Å²) in [5.74, 6) is 0.673. The van der Waals surface area contributed by atoms with E-state index in [0.717, 1.165) is 111 Å². The van der Waals surface area contributed by atoms with E-state index in [1.807, 2.05) is 18.5 Å². The molecule has 222 valence electrons. The quantitative estimate of drug-likeness (QED) is 0.103. The van der Waals surface area contributed by atoms with Crippen LogP contribution < -0.4 is 16.3 Å². The summed E-state index contributed by atoms with van der Waals surface area (Å²) in [6.07, 6.45) is 11.4. The maximum atomic E-state index is 11.8. The first-order valence-corrected chi connectivity index (χ1v) is 15.3. The molecule has 3 aromatic heterocycles. The predicted molar refractivity (Wildman–Crippen MR) is 171 cm³/mol. The van der Waals surface area contributed by atoms with Gasteiger partial charge in [-0.15, -0.1) is 0 Å². The van der Waals surface area contributed by atoms with E-state index in [9.17, 15) is 4.79 Å². The zero-order valence-corrected chi connectivity index (χ0v) is 24.8. The van der Waals surface area contributed by atoms with Gasteiger partial charge in [0.15, 0.2) is 0 Å². The van der Waals surface area contributed by atoms with E-state index in [0.29, 0.717) is 5.95 Å². The number of nitrogens with zero attached hydrogens (tertiary/aromatic N) is 3. The Bertz CT molecular complexity index is 1620. The van der Waals surface area contributed by atoms with Crippen LogP contribution in [0.3, 0.4) is 0 Å². The van der Waals surface area contributed by atoms with Gasteiger partial charge in [-0.25, -0.2) is 9.78 Å². The fraction of sp³-hybridized carbons (Fsp3) is 0.424. The smallest absolute Gasteiger partial charge is 0.326 e. The number of aryl methyl sites for hydroxylation is 2. The molecule has 0 bridgehead atoms. The minimum Gasteiger partial charge on any atom is -0.381 e. The number of hydrogen-bond acceptors (Lipinski definition) is 6. The third-order valence-electron chi connectivity index (χ3n) is 7.71. The largest absolute Gasteiger partial charge is 0.381 e. The Morgan fingerprint density at radius 1 is 0.952 bits per heavy atom. The number of benzene rings is 2. The molecule has 0 unspecified atom stereocenters. The highest BCUT2D eigenvalue weighted by atomic mass is 16.5. The van der Waals surface area contributed by atoms with E-state index in [1.165, 1.54) is 11.1 Å². The number of imidazole rings is 1. The lowest BCUT2D eigenvalue weighted by Crippen LogP contribution is -2.15. The van der Waals surface area contributed by atoms with E-state index < -0.39 is 0 Å². The van der Waals surface area contributed by atoms with Crippen LogP contribution >= 0.6 is 0 Å². The highest BCUT2D eigenvalue weighted by Crippen LogP contribution is 2.28. The lowest BCUT2D eigenvalue weighted by atomic mass is 10.0. The molecule has 0 aliphatic carbocycles. The van der Waals surface area contributed by atoms with Crippen LogP contribution in [0.5, 0.6) is 0 Å². The van der Waals surface area contributed by atoms with Crippen LogP contribution in [0, 0.1) is 0 Å². The highest BCUT2D eigenvalue weighted by molar-refractivity contribution is 5.93. The molecular formula is C33H43N7O2. The standard InChI is InChI=1S/C33H43N7O2/c1-3-4-17-35-32-37-23-28-27(22-36-31(28)39-32)26-13-10-25(11-14-26)21-34-16-6-8-19-42-18-7-5-9-24-12-15-29-30(20-24)40(2)33(41)38-29/h10-15,20,22-23,34H,3-9,16-19,21H2,1-2H3,(H,38,41)(H2,35,36,37,39).